The van der Waals surface area contributed by atoms with E-state index in [9.17, 15) is 0 Å². The Morgan fingerprint density at radius 1 is 1.32 bits per heavy atom. The largest absolute Gasteiger partial charge is 0.477 e. The van der Waals surface area contributed by atoms with Gasteiger partial charge in [-0.3, -0.25) is 0 Å². The van der Waals surface area contributed by atoms with Crippen molar-refractivity contribution in [2.45, 2.75) is 13.8 Å². The lowest BCUT2D eigenvalue weighted by Crippen LogP contribution is -2.04. The van der Waals surface area contributed by atoms with Gasteiger partial charge in [-0.05, 0) is 38.1 Å². The molecule has 0 atom stereocenters. The van der Waals surface area contributed by atoms with Crippen LogP contribution in [0.1, 0.15) is 18.2 Å². The molecule has 0 fully saturated rings. The van der Waals surface area contributed by atoms with Crippen LogP contribution in [0.3, 0.4) is 0 Å². The van der Waals surface area contributed by atoms with Gasteiger partial charge in [0, 0.05) is 17.3 Å². The topological polar surface area (TPSA) is 110 Å². The van der Waals surface area contributed by atoms with Crippen LogP contribution in [0.25, 0.3) is 11.3 Å². The Kier molecular flexibility index (Phi) is 4.53. The Bertz CT molecular complexity index is 926. The van der Waals surface area contributed by atoms with E-state index < -0.39 is 0 Å². The number of anilines is 3. The number of nitrogen functional groups attached to an aromatic ring is 1. The summed E-state index contributed by atoms with van der Waals surface area (Å²) in [5.41, 5.74) is 9.07. The molecule has 0 radical (unpaired) electrons. The Morgan fingerprint density at radius 2 is 2.08 bits per heavy atom. The highest BCUT2D eigenvalue weighted by atomic mass is 16.5. The average molecular weight is 335 g/mol. The molecule has 3 aromatic rings. The minimum atomic E-state index is 0.224. The van der Waals surface area contributed by atoms with Crippen molar-refractivity contribution >= 4 is 17.2 Å². The summed E-state index contributed by atoms with van der Waals surface area (Å²) in [5, 5.41) is 12.3. The van der Waals surface area contributed by atoms with E-state index in [1.165, 1.54) is 6.39 Å². The van der Waals surface area contributed by atoms with Gasteiger partial charge in [0.2, 0.25) is 5.88 Å². The molecule has 0 bridgehead atoms. The quantitative estimate of drug-likeness (QED) is 0.732. The number of ether oxygens (including phenoxy) is 1. The first kappa shape index (κ1) is 16.3. The van der Waals surface area contributed by atoms with Crippen LogP contribution in [-0.2, 0) is 0 Å². The van der Waals surface area contributed by atoms with Crippen molar-refractivity contribution in [3.63, 3.8) is 0 Å². The highest BCUT2D eigenvalue weighted by molar-refractivity contribution is 5.69. The number of nitrogens with two attached hydrogens (primary N) is 1. The lowest BCUT2D eigenvalue weighted by atomic mass is 10.1. The second-order valence-electron chi connectivity index (χ2n) is 5.29. The summed E-state index contributed by atoms with van der Waals surface area (Å²) in [6.45, 7) is 4.11. The minimum absolute atomic E-state index is 0.224. The van der Waals surface area contributed by atoms with Crippen LogP contribution < -0.4 is 15.8 Å². The van der Waals surface area contributed by atoms with E-state index >= 15 is 0 Å². The molecule has 0 unspecified atom stereocenters. The number of hydrogen-bond donors (Lipinski definition) is 2. The smallest absolute Gasteiger partial charge is 0.235 e. The Labute approximate surface area is 145 Å². The molecule has 0 aliphatic carbocycles. The zero-order valence-electron chi connectivity index (χ0n) is 13.9. The molecule has 25 heavy (non-hydrogen) atoms. The van der Waals surface area contributed by atoms with E-state index in [1.807, 2.05) is 44.2 Å². The molecule has 0 saturated carbocycles. The number of nitrogens with zero attached hydrogens (tertiary/aromatic N) is 3. The Hall–Kier alpha value is -3.53. The van der Waals surface area contributed by atoms with Gasteiger partial charge < -0.3 is 20.2 Å². The van der Waals surface area contributed by atoms with Crippen LogP contribution in [0.4, 0.5) is 17.2 Å². The van der Waals surface area contributed by atoms with Gasteiger partial charge in [-0.1, -0.05) is 0 Å². The molecule has 0 spiro atoms. The van der Waals surface area contributed by atoms with Gasteiger partial charge >= 0.3 is 0 Å². The fourth-order valence-corrected chi connectivity index (χ4v) is 2.39. The zero-order chi connectivity index (χ0) is 17.8. The van der Waals surface area contributed by atoms with Crippen LogP contribution in [0, 0.1) is 18.3 Å². The molecular formula is C18H17N5O2. The maximum absolute atomic E-state index is 9.17. The van der Waals surface area contributed by atoms with Gasteiger partial charge in [0.05, 0.1) is 18.0 Å². The first-order valence-electron chi connectivity index (χ1n) is 7.73. The number of nitriles is 1. The van der Waals surface area contributed by atoms with Crippen LogP contribution >= 0.6 is 0 Å². The number of pyridine rings is 1. The van der Waals surface area contributed by atoms with Crippen molar-refractivity contribution in [1.82, 2.24) is 9.97 Å². The third-order valence-corrected chi connectivity index (χ3v) is 3.57. The maximum atomic E-state index is 9.17. The molecule has 126 valence electrons. The van der Waals surface area contributed by atoms with Gasteiger partial charge in [-0.15, -0.1) is 0 Å². The fraction of sp³-hybridized carbons (Fsp3) is 0.167. The van der Waals surface area contributed by atoms with E-state index in [0.717, 1.165) is 22.7 Å². The van der Waals surface area contributed by atoms with Gasteiger partial charge in [0.25, 0.3) is 0 Å². The number of benzene rings is 1. The van der Waals surface area contributed by atoms with Crippen LogP contribution in [0.15, 0.2) is 41.1 Å². The summed E-state index contributed by atoms with van der Waals surface area (Å²) in [7, 11) is 0. The Balaban J connectivity index is 1.85. The van der Waals surface area contributed by atoms with E-state index in [-0.39, 0.29) is 11.4 Å². The van der Waals surface area contributed by atoms with Gasteiger partial charge in [0.15, 0.2) is 12.2 Å². The van der Waals surface area contributed by atoms with E-state index in [2.05, 4.69) is 15.3 Å². The zero-order valence-corrected chi connectivity index (χ0v) is 13.9. The van der Waals surface area contributed by atoms with Crippen molar-refractivity contribution in [3.8, 4) is 23.3 Å². The molecule has 3 rings (SSSR count). The molecule has 3 N–H and O–H groups in total. The lowest BCUT2D eigenvalue weighted by molar-refractivity contribution is 0.326. The normalized spacial score (nSPS) is 10.3. The second-order valence-corrected chi connectivity index (χ2v) is 5.29. The van der Waals surface area contributed by atoms with E-state index in [4.69, 9.17) is 20.1 Å². The van der Waals surface area contributed by atoms with Crippen molar-refractivity contribution in [2.24, 2.45) is 0 Å². The van der Waals surface area contributed by atoms with Crippen LogP contribution in [0.5, 0.6) is 5.88 Å². The van der Waals surface area contributed by atoms with Crippen LogP contribution in [0.2, 0.25) is 0 Å². The number of oxazole rings is 1. The fourth-order valence-electron chi connectivity index (χ4n) is 2.39. The third kappa shape index (κ3) is 3.38. The molecule has 2 aromatic heterocycles. The monoisotopic (exact) mass is 335 g/mol. The van der Waals surface area contributed by atoms with Crippen molar-refractivity contribution < 1.29 is 9.15 Å². The van der Waals surface area contributed by atoms with E-state index in [0.29, 0.717) is 18.1 Å². The summed E-state index contributed by atoms with van der Waals surface area (Å²) in [5.74, 6) is 1.47. The molecule has 2 heterocycles. The number of nitrogens with one attached hydrogen (secondary N) is 1. The van der Waals surface area contributed by atoms with Gasteiger partial charge in [-0.2, -0.15) is 10.2 Å². The Morgan fingerprint density at radius 3 is 2.68 bits per heavy atom. The standard InChI is InChI=1S/C18H17N5O2/c1-3-24-18-14(9-19)15(20)8-16(23-18)22-13-6-4-12(5-7-13)17-11(2)21-10-25-17/h4-8,10H,3H2,1-2H3,(H3,20,22,23). The predicted octanol–water partition coefficient (Wildman–Crippen LogP) is 3.64. The van der Waals surface area contributed by atoms with Gasteiger partial charge in [-0.25, -0.2) is 4.98 Å². The molecule has 1 aromatic carbocycles. The highest BCUT2D eigenvalue weighted by Gasteiger charge is 2.12. The average Bonchev–Trinajstić information content (AvgIpc) is 3.02. The number of hydrogen-bond acceptors (Lipinski definition) is 7. The lowest BCUT2D eigenvalue weighted by Gasteiger charge is -2.11. The molecule has 7 heteroatoms. The first-order valence-corrected chi connectivity index (χ1v) is 7.73. The van der Waals surface area contributed by atoms with Crippen molar-refractivity contribution in [2.75, 3.05) is 17.7 Å². The summed E-state index contributed by atoms with van der Waals surface area (Å²) in [6, 6.07) is 11.3. The first-order chi connectivity index (χ1) is 12.1. The molecule has 0 amide bonds. The summed E-state index contributed by atoms with van der Waals surface area (Å²) >= 11 is 0. The molecule has 0 aliphatic rings. The van der Waals surface area contributed by atoms with Gasteiger partial charge in [0.1, 0.15) is 17.5 Å². The highest BCUT2D eigenvalue weighted by Crippen LogP contribution is 2.28. The predicted molar refractivity (Wildman–Crippen MR) is 94.5 cm³/mol. The summed E-state index contributed by atoms with van der Waals surface area (Å²) in [4.78, 5) is 8.40. The molecular weight excluding hydrogens is 318 g/mol. The van der Waals surface area contributed by atoms with Crippen LogP contribution in [-0.4, -0.2) is 16.6 Å². The molecule has 0 saturated heterocycles. The third-order valence-electron chi connectivity index (χ3n) is 3.57. The molecule has 0 aliphatic heterocycles. The minimum Gasteiger partial charge on any atom is -0.477 e. The summed E-state index contributed by atoms with van der Waals surface area (Å²) < 4.78 is 10.8. The number of aryl methyl sites for hydroxylation is 1. The maximum Gasteiger partial charge on any atom is 0.235 e. The summed E-state index contributed by atoms with van der Waals surface area (Å²) in [6.07, 6.45) is 1.43. The number of aromatic nitrogens is 2. The van der Waals surface area contributed by atoms with Crippen molar-refractivity contribution in [3.05, 3.63) is 48.0 Å². The SMILES string of the molecule is CCOc1nc(Nc2ccc(-c3ocnc3C)cc2)cc(N)c1C#N. The van der Waals surface area contributed by atoms with Crippen molar-refractivity contribution in [1.29, 1.82) is 5.26 Å². The second kappa shape index (κ2) is 6.93. The van der Waals surface area contributed by atoms with E-state index in [1.54, 1.807) is 6.07 Å². The number of rotatable bonds is 5. The molecule has 7 nitrogen and oxygen atoms in total.